The van der Waals surface area contributed by atoms with E-state index in [2.05, 4.69) is 57.3 Å². The summed E-state index contributed by atoms with van der Waals surface area (Å²) in [6, 6.07) is 15.9. The SMILES string of the molecule is C[C@H](NCc1ccc(C(C)(C)C)cc1)c1ccc(S(C)(=O)=O)cc1. The van der Waals surface area contributed by atoms with Gasteiger partial charge in [0.15, 0.2) is 9.84 Å². The lowest BCUT2D eigenvalue weighted by molar-refractivity contribution is 0.571. The fraction of sp³-hybridized carbons (Fsp3) is 0.400. The molecule has 0 amide bonds. The van der Waals surface area contributed by atoms with E-state index in [0.717, 1.165) is 12.1 Å². The summed E-state index contributed by atoms with van der Waals surface area (Å²) in [5, 5.41) is 3.48. The second-order valence-corrected chi connectivity index (χ2v) is 9.41. The van der Waals surface area contributed by atoms with Gasteiger partial charge >= 0.3 is 0 Å². The molecule has 1 atom stereocenters. The lowest BCUT2D eigenvalue weighted by Crippen LogP contribution is -2.18. The highest BCUT2D eigenvalue weighted by molar-refractivity contribution is 7.90. The van der Waals surface area contributed by atoms with Crippen LogP contribution in [0.2, 0.25) is 0 Å². The van der Waals surface area contributed by atoms with Gasteiger partial charge in [-0.05, 0) is 41.2 Å². The van der Waals surface area contributed by atoms with Crippen LogP contribution < -0.4 is 5.32 Å². The largest absolute Gasteiger partial charge is 0.306 e. The molecule has 0 aliphatic rings. The zero-order chi connectivity index (χ0) is 18.0. The molecule has 0 saturated heterocycles. The quantitative estimate of drug-likeness (QED) is 0.882. The molecule has 0 aliphatic heterocycles. The van der Waals surface area contributed by atoms with Crippen molar-refractivity contribution in [3.8, 4) is 0 Å². The fourth-order valence-electron chi connectivity index (χ4n) is 2.52. The Morgan fingerprint density at radius 1 is 0.958 bits per heavy atom. The van der Waals surface area contributed by atoms with Gasteiger partial charge in [-0.2, -0.15) is 0 Å². The molecule has 0 radical (unpaired) electrons. The number of sulfone groups is 1. The molecule has 24 heavy (non-hydrogen) atoms. The zero-order valence-corrected chi connectivity index (χ0v) is 15.9. The van der Waals surface area contributed by atoms with Crippen molar-refractivity contribution in [2.45, 2.75) is 50.6 Å². The second-order valence-electron chi connectivity index (χ2n) is 7.39. The predicted molar refractivity (Wildman–Crippen MR) is 99.9 cm³/mol. The van der Waals surface area contributed by atoms with E-state index >= 15 is 0 Å². The van der Waals surface area contributed by atoms with Crippen LogP contribution in [0.1, 0.15) is 50.4 Å². The Bertz CT molecular complexity index is 770. The van der Waals surface area contributed by atoms with Crippen LogP contribution in [0.15, 0.2) is 53.4 Å². The molecule has 2 rings (SSSR count). The monoisotopic (exact) mass is 345 g/mol. The van der Waals surface area contributed by atoms with Crippen LogP contribution >= 0.6 is 0 Å². The van der Waals surface area contributed by atoms with Gasteiger partial charge in [0.2, 0.25) is 0 Å². The minimum Gasteiger partial charge on any atom is -0.306 e. The molecule has 0 saturated carbocycles. The number of hydrogen-bond donors (Lipinski definition) is 1. The highest BCUT2D eigenvalue weighted by Gasteiger charge is 2.13. The average molecular weight is 346 g/mol. The van der Waals surface area contributed by atoms with E-state index in [0.29, 0.717) is 4.90 Å². The van der Waals surface area contributed by atoms with E-state index in [9.17, 15) is 8.42 Å². The minimum atomic E-state index is -3.14. The molecular formula is C20H27NO2S. The van der Waals surface area contributed by atoms with Crippen molar-refractivity contribution in [3.63, 3.8) is 0 Å². The normalized spacial score (nSPS) is 13.7. The molecule has 2 aromatic rings. The van der Waals surface area contributed by atoms with Crippen LogP contribution in [0.3, 0.4) is 0 Å². The van der Waals surface area contributed by atoms with Crippen LogP contribution in [0.4, 0.5) is 0 Å². The van der Waals surface area contributed by atoms with E-state index in [1.807, 2.05) is 12.1 Å². The molecular weight excluding hydrogens is 318 g/mol. The minimum absolute atomic E-state index is 0.154. The van der Waals surface area contributed by atoms with Crippen molar-refractivity contribution in [2.75, 3.05) is 6.26 Å². The van der Waals surface area contributed by atoms with Gasteiger partial charge in [0, 0.05) is 18.8 Å². The van der Waals surface area contributed by atoms with Gasteiger partial charge in [-0.15, -0.1) is 0 Å². The molecule has 0 heterocycles. The van der Waals surface area contributed by atoms with E-state index in [4.69, 9.17) is 0 Å². The van der Waals surface area contributed by atoms with Crippen molar-refractivity contribution in [1.29, 1.82) is 0 Å². The smallest absolute Gasteiger partial charge is 0.175 e. The van der Waals surface area contributed by atoms with Crippen LogP contribution in [0, 0.1) is 0 Å². The second kappa shape index (κ2) is 7.08. The highest BCUT2D eigenvalue weighted by atomic mass is 32.2. The number of hydrogen-bond acceptors (Lipinski definition) is 3. The van der Waals surface area contributed by atoms with E-state index in [1.54, 1.807) is 12.1 Å². The molecule has 0 aliphatic carbocycles. The molecule has 0 unspecified atom stereocenters. The van der Waals surface area contributed by atoms with Crippen molar-refractivity contribution in [2.24, 2.45) is 0 Å². The lowest BCUT2D eigenvalue weighted by Gasteiger charge is -2.20. The third-order valence-corrected chi connectivity index (χ3v) is 5.37. The van der Waals surface area contributed by atoms with Crippen LogP contribution in [-0.2, 0) is 21.8 Å². The molecule has 4 heteroatoms. The Morgan fingerprint density at radius 2 is 1.50 bits per heavy atom. The van der Waals surface area contributed by atoms with Gasteiger partial charge in [0.25, 0.3) is 0 Å². The van der Waals surface area contributed by atoms with Crippen LogP contribution in [0.5, 0.6) is 0 Å². The first-order chi connectivity index (χ1) is 11.1. The Morgan fingerprint density at radius 3 is 1.96 bits per heavy atom. The summed E-state index contributed by atoms with van der Waals surface area (Å²) in [7, 11) is -3.14. The summed E-state index contributed by atoms with van der Waals surface area (Å²) < 4.78 is 23.0. The van der Waals surface area contributed by atoms with Crippen molar-refractivity contribution >= 4 is 9.84 Å². The molecule has 1 N–H and O–H groups in total. The molecule has 3 nitrogen and oxygen atoms in total. The summed E-state index contributed by atoms with van der Waals surface area (Å²) in [5.41, 5.74) is 3.81. The first-order valence-corrected chi connectivity index (χ1v) is 10.1. The highest BCUT2D eigenvalue weighted by Crippen LogP contribution is 2.22. The van der Waals surface area contributed by atoms with Crippen LogP contribution in [0.25, 0.3) is 0 Å². The maximum atomic E-state index is 11.5. The van der Waals surface area contributed by atoms with E-state index < -0.39 is 9.84 Å². The van der Waals surface area contributed by atoms with Gasteiger partial charge in [-0.25, -0.2) is 8.42 Å². The van der Waals surface area contributed by atoms with Crippen LogP contribution in [-0.4, -0.2) is 14.7 Å². The molecule has 0 aromatic heterocycles. The first kappa shape index (κ1) is 18.7. The molecule has 0 bridgehead atoms. The number of nitrogens with one attached hydrogen (secondary N) is 1. The van der Waals surface area contributed by atoms with Gasteiger partial charge in [0.1, 0.15) is 0 Å². The predicted octanol–water partition coefficient (Wildman–Crippen LogP) is 4.24. The number of benzene rings is 2. The maximum absolute atomic E-state index is 11.5. The third-order valence-electron chi connectivity index (χ3n) is 4.24. The summed E-state index contributed by atoms with van der Waals surface area (Å²) in [6.45, 7) is 9.49. The molecule has 0 fully saturated rings. The topological polar surface area (TPSA) is 46.2 Å². The Labute approximate surface area is 146 Å². The zero-order valence-electron chi connectivity index (χ0n) is 15.1. The van der Waals surface area contributed by atoms with Gasteiger partial charge in [-0.1, -0.05) is 57.2 Å². The average Bonchev–Trinajstić information content (AvgIpc) is 2.51. The van der Waals surface area contributed by atoms with Crippen molar-refractivity contribution in [3.05, 3.63) is 65.2 Å². The van der Waals surface area contributed by atoms with Gasteiger partial charge < -0.3 is 5.32 Å². The van der Waals surface area contributed by atoms with E-state index in [1.165, 1.54) is 17.4 Å². The van der Waals surface area contributed by atoms with Gasteiger partial charge in [-0.3, -0.25) is 0 Å². The third kappa shape index (κ3) is 4.92. The Kier molecular flexibility index (Phi) is 5.51. The fourth-order valence-corrected chi connectivity index (χ4v) is 3.15. The van der Waals surface area contributed by atoms with Gasteiger partial charge in [0.05, 0.1) is 4.90 Å². The Hall–Kier alpha value is -1.65. The van der Waals surface area contributed by atoms with E-state index in [-0.39, 0.29) is 11.5 Å². The van der Waals surface area contributed by atoms with Crippen molar-refractivity contribution in [1.82, 2.24) is 5.32 Å². The molecule has 2 aromatic carbocycles. The Balaban J connectivity index is 1.99. The molecule has 130 valence electrons. The summed E-state index contributed by atoms with van der Waals surface area (Å²) in [4.78, 5) is 0.358. The standard InChI is InChI=1S/C20H27NO2S/c1-15(17-8-12-19(13-9-17)24(5,22)23)21-14-16-6-10-18(11-7-16)20(2,3)4/h6-13,15,21H,14H2,1-5H3/t15-/m0/s1. The maximum Gasteiger partial charge on any atom is 0.175 e. The first-order valence-electron chi connectivity index (χ1n) is 8.20. The summed E-state index contributed by atoms with van der Waals surface area (Å²) in [5.74, 6) is 0. The summed E-state index contributed by atoms with van der Waals surface area (Å²) in [6.07, 6.45) is 1.23. The number of rotatable bonds is 5. The molecule has 0 spiro atoms. The van der Waals surface area contributed by atoms with Crippen molar-refractivity contribution < 1.29 is 8.42 Å². The summed E-state index contributed by atoms with van der Waals surface area (Å²) >= 11 is 0. The lowest BCUT2D eigenvalue weighted by atomic mass is 9.87.